The summed E-state index contributed by atoms with van der Waals surface area (Å²) in [6, 6.07) is 0. The van der Waals surface area contributed by atoms with Gasteiger partial charge in [-0.05, 0) is 38.5 Å². The van der Waals surface area contributed by atoms with Crippen LogP contribution in [0.25, 0.3) is 0 Å². The Kier molecular flexibility index (Phi) is 2.01. The van der Waals surface area contributed by atoms with Crippen molar-refractivity contribution < 1.29 is 0 Å². The van der Waals surface area contributed by atoms with Crippen LogP contribution in [-0.2, 0) is 0 Å². The van der Waals surface area contributed by atoms with Crippen LogP contribution in [0.2, 0.25) is 0 Å². The van der Waals surface area contributed by atoms with Crippen LogP contribution in [0, 0.1) is 23.2 Å². The van der Waals surface area contributed by atoms with Gasteiger partial charge in [0.25, 0.3) is 0 Å². The lowest BCUT2D eigenvalue weighted by molar-refractivity contribution is 0.0200. The van der Waals surface area contributed by atoms with Crippen molar-refractivity contribution in [2.75, 3.05) is 0 Å². The van der Waals surface area contributed by atoms with Crippen molar-refractivity contribution in [3.05, 3.63) is 0 Å². The molecule has 1 fully saturated rings. The lowest BCUT2D eigenvalue weighted by atomic mass is 9.53. The molecule has 0 saturated heterocycles. The van der Waals surface area contributed by atoms with Gasteiger partial charge in [-0.2, -0.15) is 0 Å². The molecule has 0 aromatic heterocycles. The predicted molar refractivity (Wildman–Crippen MR) is 49.2 cm³/mol. The van der Waals surface area contributed by atoms with Crippen LogP contribution in [0.1, 0.15) is 46.5 Å². The standard InChI is InChI=1S/C11H18/c1-5-10(3,4)11(6-2)8-7-9-11/h1H,6-9H2,2-4H3. The maximum atomic E-state index is 5.53. The highest BCUT2D eigenvalue weighted by Gasteiger charge is 2.46. The number of terminal acetylenes is 1. The van der Waals surface area contributed by atoms with Crippen molar-refractivity contribution in [1.29, 1.82) is 0 Å². The Morgan fingerprint density at radius 3 is 2.09 bits per heavy atom. The molecular formula is C11H18. The van der Waals surface area contributed by atoms with Gasteiger partial charge in [0.1, 0.15) is 0 Å². The summed E-state index contributed by atoms with van der Waals surface area (Å²) in [5, 5.41) is 0. The van der Waals surface area contributed by atoms with Crippen molar-refractivity contribution in [2.24, 2.45) is 10.8 Å². The third-order valence-corrected chi connectivity index (χ3v) is 3.67. The van der Waals surface area contributed by atoms with Crippen LogP contribution in [0.4, 0.5) is 0 Å². The monoisotopic (exact) mass is 150 g/mol. The van der Waals surface area contributed by atoms with E-state index in [4.69, 9.17) is 6.42 Å². The van der Waals surface area contributed by atoms with E-state index < -0.39 is 0 Å². The van der Waals surface area contributed by atoms with E-state index in [-0.39, 0.29) is 5.41 Å². The first-order chi connectivity index (χ1) is 5.08. The molecule has 0 amide bonds. The van der Waals surface area contributed by atoms with Crippen LogP contribution >= 0.6 is 0 Å². The smallest absolute Gasteiger partial charge is 0.0311 e. The molecule has 1 aliphatic rings. The van der Waals surface area contributed by atoms with Gasteiger partial charge in [0.15, 0.2) is 0 Å². The fourth-order valence-electron chi connectivity index (χ4n) is 2.18. The van der Waals surface area contributed by atoms with Crippen molar-refractivity contribution in [3.63, 3.8) is 0 Å². The van der Waals surface area contributed by atoms with Gasteiger partial charge in [0.05, 0.1) is 0 Å². The zero-order valence-corrected chi connectivity index (χ0v) is 7.91. The molecule has 0 unspecified atom stereocenters. The van der Waals surface area contributed by atoms with E-state index in [1.165, 1.54) is 25.7 Å². The number of rotatable bonds is 2. The van der Waals surface area contributed by atoms with Crippen LogP contribution in [-0.4, -0.2) is 0 Å². The first-order valence-electron chi connectivity index (χ1n) is 4.56. The molecule has 0 aliphatic heterocycles. The van der Waals surface area contributed by atoms with Gasteiger partial charge in [-0.1, -0.05) is 19.3 Å². The maximum Gasteiger partial charge on any atom is 0.0311 e. The molecule has 0 spiro atoms. The van der Waals surface area contributed by atoms with E-state index in [9.17, 15) is 0 Å². The fraction of sp³-hybridized carbons (Fsp3) is 0.818. The Hall–Kier alpha value is -0.440. The van der Waals surface area contributed by atoms with Gasteiger partial charge in [-0.15, -0.1) is 6.42 Å². The van der Waals surface area contributed by atoms with E-state index in [2.05, 4.69) is 26.7 Å². The van der Waals surface area contributed by atoms with Gasteiger partial charge in [-0.25, -0.2) is 0 Å². The van der Waals surface area contributed by atoms with E-state index >= 15 is 0 Å². The molecule has 0 nitrogen and oxygen atoms in total. The lowest BCUT2D eigenvalue weighted by Crippen LogP contribution is -2.42. The third kappa shape index (κ3) is 1.07. The molecule has 1 saturated carbocycles. The van der Waals surface area contributed by atoms with E-state index in [0.717, 1.165) is 0 Å². The van der Waals surface area contributed by atoms with Crippen molar-refractivity contribution in [2.45, 2.75) is 46.5 Å². The van der Waals surface area contributed by atoms with Gasteiger partial charge in [0, 0.05) is 5.41 Å². The Morgan fingerprint density at radius 1 is 1.45 bits per heavy atom. The Bertz CT molecular complexity index is 171. The largest absolute Gasteiger partial charge is 0.120 e. The van der Waals surface area contributed by atoms with E-state index in [1.54, 1.807) is 0 Å². The molecule has 1 aliphatic carbocycles. The molecular weight excluding hydrogens is 132 g/mol. The Balaban J connectivity index is 2.78. The summed E-state index contributed by atoms with van der Waals surface area (Å²) in [5.74, 6) is 2.94. The summed E-state index contributed by atoms with van der Waals surface area (Å²) in [7, 11) is 0. The lowest BCUT2D eigenvalue weighted by Gasteiger charge is -2.50. The van der Waals surface area contributed by atoms with Crippen LogP contribution in [0.15, 0.2) is 0 Å². The van der Waals surface area contributed by atoms with Gasteiger partial charge >= 0.3 is 0 Å². The molecule has 11 heavy (non-hydrogen) atoms. The predicted octanol–water partition coefficient (Wildman–Crippen LogP) is 3.23. The molecule has 62 valence electrons. The van der Waals surface area contributed by atoms with E-state index in [0.29, 0.717) is 5.41 Å². The van der Waals surface area contributed by atoms with Crippen LogP contribution < -0.4 is 0 Å². The van der Waals surface area contributed by atoms with Crippen LogP contribution in [0.5, 0.6) is 0 Å². The highest BCUT2D eigenvalue weighted by molar-refractivity contribution is 5.12. The molecule has 1 rings (SSSR count). The van der Waals surface area contributed by atoms with Crippen LogP contribution in [0.3, 0.4) is 0 Å². The first kappa shape index (κ1) is 8.65. The van der Waals surface area contributed by atoms with Gasteiger partial charge in [0.2, 0.25) is 0 Å². The molecule has 0 atom stereocenters. The van der Waals surface area contributed by atoms with Gasteiger partial charge in [-0.3, -0.25) is 0 Å². The quantitative estimate of drug-likeness (QED) is 0.530. The second kappa shape index (κ2) is 2.55. The first-order valence-corrected chi connectivity index (χ1v) is 4.56. The molecule has 0 N–H and O–H groups in total. The maximum absolute atomic E-state index is 5.53. The SMILES string of the molecule is C#CC(C)(C)C1(CC)CCC1. The van der Waals surface area contributed by atoms with Crippen molar-refractivity contribution in [3.8, 4) is 12.3 Å². The van der Waals surface area contributed by atoms with E-state index in [1.807, 2.05) is 0 Å². The summed E-state index contributed by atoms with van der Waals surface area (Å²) >= 11 is 0. The molecule has 0 heterocycles. The average Bonchev–Trinajstić information content (AvgIpc) is 1.86. The minimum Gasteiger partial charge on any atom is -0.120 e. The molecule has 0 aromatic rings. The minimum absolute atomic E-state index is 0.111. The molecule has 0 heteroatoms. The summed E-state index contributed by atoms with van der Waals surface area (Å²) in [4.78, 5) is 0. The average molecular weight is 150 g/mol. The Labute approximate surface area is 70.4 Å². The normalized spacial score (nSPS) is 22.0. The molecule has 0 radical (unpaired) electrons. The highest BCUT2D eigenvalue weighted by atomic mass is 14.5. The second-order valence-corrected chi connectivity index (χ2v) is 4.26. The third-order valence-electron chi connectivity index (χ3n) is 3.67. The summed E-state index contributed by atoms with van der Waals surface area (Å²) in [5.41, 5.74) is 0.585. The zero-order valence-electron chi connectivity index (χ0n) is 7.91. The topological polar surface area (TPSA) is 0 Å². The highest BCUT2D eigenvalue weighted by Crippen LogP contribution is 2.55. The zero-order chi connectivity index (χ0) is 8.54. The number of hydrogen-bond donors (Lipinski definition) is 0. The minimum atomic E-state index is 0.111. The Morgan fingerprint density at radius 2 is 2.00 bits per heavy atom. The van der Waals surface area contributed by atoms with Crippen molar-refractivity contribution >= 4 is 0 Å². The second-order valence-electron chi connectivity index (χ2n) is 4.26. The molecule has 0 bridgehead atoms. The summed E-state index contributed by atoms with van der Waals surface area (Å²) in [6.07, 6.45) is 10.8. The van der Waals surface area contributed by atoms with Crippen molar-refractivity contribution in [1.82, 2.24) is 0 Å². The van der Waals surface area contributed by atoms with Gasteiger partial charge < -0.3 is 0 Å². The summed E-state index contributed by atoms with van der Waals surface area (Å²) < 4.78 is 0. The number of hydrogen-bond acceptors (Lipinski definition) is 0. The summed E-state index contributed by atoms with van der Waals surface area (Å²) in [6.45, 7) is 6.67. The fourth-order valence-corrected chi connectivity index (χ4v) is 2.18. The molecule has 0 aromatic carbocycles.